The molecule has 3 aromatic heterocycles. The first-order valence-electron chi connectivity index (χ1n) is 7.75. The Hall–Kier alpha value is -2.18. The van der Waals surface area contributed by atoms with Gasteiger partial charge in [-0.25, -0.2) is 4.98 Å². The Balaban J connectivity index is 1.67. The largest absolute Gasteiger partial charge is 0.468 e. The van der Waals surface area contributed by atoms with Crippen LogP contribution in [-0.2, 0) is 13.6 Å². The zero-order valence-corrected chi connectivity index (χ0v) is 14.1. The molecule has 23 heavy (non-hydrogen) atoms. The number of nitrogens with zero attached hydrogens (tertiary/aromatic N) is 4. The summed E-state index contributed by atoms with van der Waals surface area (Å²) in [6, 6.07) is 6.31. The lowest BCUT2D eigenvalue weighted by molar-refractivity contribution is 0.250. The summed E-state index contributed by atoms with van der Waals surface area (Å²) in [4.78, 5) is 6.67. The van der Waals surface area contributed by atoms with Crippen molar-refractivity contribution in [2.45, 2.75) is 19.5 Å². The topological polar surface area (TPSA) is 59.1 Å². The fourth-order valence-corrected chi connectivity index (χ4v) is 2.82. The van der Waals surface area contributed by atoms with Crippen molar-refractivity contribution >= 4 is 11.0 Å². The zero-order chi connectivity index (χ0) is 16.4. The van der Waals surface area contributed by atoms with Crippen LogP contribution < -0.4 is 5.32 Å². The van der Waals surface area contributed by atoms with Gasteiger partial charge in [0.2, 0.25) is 0 Å². The summed E-state index contributed by atoms with van der Waals surface area (Å²) in [5, 5.41) is 9.02. The average molecular weight is 313 g/mol. The fraction of sp³-hybridized carbons (Fsp3) is 0.412. The molecule has 3 rings (SSSR count). The second-order valence-corrected chi connectivity index (χ2v) is 6.05. The highest BCUT2D eigenvalue weighted by molar-refractivity contribution is 5.78. The van der Waals surface area contributed by atoms with E-state index in [0.717, 1.165) is 41.1 Å². The highest BCUT2D eigenvalue weighted by Crippen LogP contribution is 2.19. The molecule has 0 radical (unpaired) electrons. The van der Waals surface area contributed by atoms with Crippen molar-refractivity contribution in [2.24, 2.45) is 7.05 Å². The molecule has 3 aromatic rings. The van der Waals surface area contributed by atoms with Gasteiger partial charge in [0.05, 0.1) is 18.0 Å². The number of aryl methyl sites for hydroxylation is 2. The standard InChI is InChI=1S/C17H23N5O/c1-12-14-8-13(10-19-17(14)22(4)20-12)9-18-11-15(21(2)3)16-6-5-7-23-16/h5-8,10,15,18H,9,11H2,1-4H3. The molecule has 0 fully saturated rings. The van der Waals surface area contributed by atoms with E-state index in [1.165, 1.54) is 0 Å². The van der Waals surface area contributed by atoms with Crippen molar-refractivity contribution < 1.29 is 4.42 Å². The summed E-state index contributed by atoms with van der Waals surface area (Å²) >= 11 is 0. The monoisotopic (exact) mass is 313 g/mol. The summed E-state index contributed by atoms with van der Waals surface area (Å²) in [6.45, 7) is 3.59. The molecular formula is C17H23N5O. The van der Waals surface area contributed by atoms with Gasteiger partial charge < -0.3 is 9.73 Å². The lowest BCUT2D eigenvalue weighted by Gasteiger charge is -2.22. The second-order valence-electron chi connectivity index (χ2n) is 6.05. The number of hydrogen-bond acceptors (Lipinski definition) is 5. The van der Waals surface area contributed by atoms with Crippen LogP contribution in [0.5, 0.6) is 0 Å². The third kappa shape index (κ3) is 3.28. The lowest BCUT2D eigenvalue weighted by Crippen LogP contribution is -2.30. The molecule has 3 heterocycles. The Bertz CT molecular complexity index is 776. The molecule has 1 unspecified atom stereocenters. The third-order valence-corrected chi connectivity index (χ3v) is 4.08. The highest BCUT2D eigenvalue weighted by atomic mass is 16.3. The average Bonchev–Trinajstić information content (AvgIpc) is 3.13. The minimum atomic E-state index is 0.210. The molecule has 0 amide bonds. The van der Waals surface area contributed by atoms with Gasteiger partial charge in [-0.3, -0.25) is 9.58 Å². The van der Waals surface area contributed by atoms with Gasteiger partial charge >= 0.3 is 0 Å². The first kappa shape index (κ1) is 15.7. The lowest BCUT2D eigenvalue weighted by atomic mass is 10.2. The zero-order valence-electron chi connectivity index (χ0n) is 14.1. The van der Waals surface area contributed by atoms with E-state index in [2.05, 4.69) is 40.5 Å². The van der Waals surface area contributed by atoms with Gasteiger partial charge in [-0.1, -0.05) is 0 Å². The Morgan fingerprint density at radius 2 is 2.22 bits per heavy atom. The second kappa shape index (κ2) is 6.52. The number of hydrogen-bond donors (Lipinski definition) is 1. The molecule has 0 aliphatic carbocycles. The first-order valence-corrected chi connectivity index (χ1v) is 7.75. The number of pyridine rings is 1. The number of likely N-dealkylation sites (N-methyl/N-ethyl adjacent to an activating group) is 1. The van der Waals surface area contributed by atoms with E-state index in [4.69, 9.17) is 4.42 Å². The van der Waals surface area contributed by atoms with E-state index < -0.39 is 0 Å². The highest BCUT2D eigenvalue weighted by Gasteiger charge is 2.16. The minimum absolute atomic E-state index is 0.210. The summed E-state index contributed by atoms with van der Waals surface area (Å²) < 4.78 is 7.35. The van der Waals surface area contributed by atoms with Crippen LogP contribution in [0.15, 0.2) is 35.1 Å². The first-order chi connectivity index (χ1) is 11.1. The van der Waals surface area contributed by atoms with Crippen molar-refractivity contribution in [2.75, 3.05) is 20.6 Å². The van der Waals surface area contributed by atoms with Gasteiger partial charge in [0.25, 0.3) is 0 Å². The van der Waals surface area contributed by atoms with Crippen LogP contribution in [0.4, 0.5) is 0 Å². The molecule has 1 atom stereocenters. The molecule has 0 aliphatic rings. The summed E-state index contributed by atoms with van der Waals surface area (Å²) in [5.41, 5.74) is 3.09. The summed E-state index contributed by atoms with van der Waals surface area (Å²) in [5.74, 6) is 0.971. The van der Waals surface area contributed by atoms with Crippen molar-refractivity contribution in [1.82, 2.24) is 25.0 Å². The van der Waals surface area contributed by atoms with Gasteiger partial charge in [0.1, 0.15) is 5.76 Å². The number of aromatic nitrogens is 3. The van der Waals surface area contributed by atoms with Gasteiger partial charge in [0, 0.05) is 31.7 Å². The van der Waals surface area contributed by atoms with Crippen LogP contribution in [0.25, 0.3) is 11.0 Å². The van der Waals surface area contributed by atoms with E-state index >= 15 is 0 Å². The van der Waals surface area contributed by atoms with Crippen LogP contribution >= 0.6 is 0 Å². The number of rotatable bonds is 6. The molecule has 122 valence electrons. The normalized spacial score (nSPS) is 13.1. The molecule has 0 aromatic carbocycles. The Morgan fingerprint density at radius 3 is 2.91 bits per heavy atom. The van der Waals surface area contributed by atoms with Crippen molar-refractivity contribution in [3.8, 4) is 0 Å². The molecule has 1 N–H and O–H groups in total. The maximum Gasteiger partial charge on any atom is 0.157 e. The molecule has 6 heteroatoms. The van der Waals surface area contributed by atoms with Crippen molar-refractivity contribution in [3.05, 3.63) is 47.7 Å². The Labute approximate surface area is 136 Å². The van der Waals surface area contributed by atoms with Crippen LogP contribution in [0.1, 0.15) is 23.1 Å². The molecular weight excluding hydrogens is 290 g/mol. The van der Waals surface area contributed by atoms with E-state index in [-0.39, 0.29) is 6.04 Å². The predicted octanol–water partition coefficient (Wildman–Crippen LogP) is 2.26. The molecule has 0 saturated heterocycles. The number of nitrogens with one attached hydrogen (secondary N) is 1. The maximum atomic E-state index is 5.53. The quantitative estimate of drug-likeness (QED) is 0.756. The van der Waals surface area contributed by atoms with Crippen molar-refractivity contribution in [1.29, 1.82) is 0 Å². The predicted molar refractivity (Wildman–Crippen MR) is 90.1 cm³/mol. The molecule has 0 aliphatic heterocycles. The van der Waals surface area contributed by atoms with E-state index in [1.54, 1.807) is 6.26 Å². The van der Waals surface area contributed by atoms with Crippen LogP contribution in [0.3, 0.4) is 0 Å². The number of furan rings is 1. The Kier molecular flexibility index (Phi) is 4.45. The number of fused-ring (bicyclic) bond motifs is 1. The SMILES string of the molecule is Cc1nn(C)c2ncc(CNCC(c3ccco3)N(C)C)cc12. The van der Waals surface area contributed by atoms with Crippen molar-refractivity contribution in [3.63, 3.8) is 0 Å². The van der Waals surface area contributed by atoms with E-state index in [0.29, 0.717) is 0 Å². The molecule has 0 bridgehead atoms. The molecule has 0 saturated carbocycles. The van der Waals surface area contributed by atoms with Gasteiger partial charge in [-0.15, -0.1) is 0 Å². The van der Waals surface area contributed by atoms with Gasteiger partial charge in [-0.05, 0) is 44.8 Å². The Morgan fingerprint density at radius 1 is 1.39 bits per heavy atom. The third-order valence-electron chi connectivity index (χ3n) is 4.08. The molecule has 0 spiro atoms. The van der Waals surface area contributed by atoms with Gasteiger partial charge in [0.15, 0.2) is 5.65 Å². The van der Waals surface area contributed by atoms with Crippen LogP contribution in [0, 0.1) is 6.92 Å². The smallest absolute Gasteiger partial charge is 0.157 e. The van der Waals surface area contributed by atoms with Gasteiger partial charge in [-0.2, -0.15) is 5.10 Å². The molecule has 6 nitrogen and oxygen atoms in total. The summed E-state index contributed by atoms with van der Waals surface area (Å²) in [6.07, 6.45) is 3.63. The van der Waals surface area contributed by atoms with E-state index in [1.807, 2.05) is 37.0 Å². The minimum Gasteiger partial charge on any atom is -0.468 e. The maximum absolute atomic E-state index is 5.53. The fourth-order valence-electron chi connectivity index (χ4n) is 2.82. The van der Waals surface area contributed by atoms with E-state index in [9.17, 15) is 0 Å². The summed E-state index contributed by atoms with van der Waals surface area (Å²) in [7, 11) is 6.04. The van der Waals surface area contributed by atoms with Crippen LogP contribution in [-0.4, -0.2) is 40.3 Å². The van der Waals surface area contributed by atoms with Crippen LogP contribution in [0.2, 0.25) is 0 Å².